The summed E-state index contributed by atoms with van der Waals surface area (Å²) in [6, 6.07) is 3.64. The van der Waals surface area contributed by atoms with Gasteiger partial charge in [0, 0.05) is 23.7 Å². The number of carbonyl (C=O) groups is 1. The number of pyridine rings is 1. The van der Waals surface area contributed by atoms with E-state index in [0.717, 1.165) is 29.9 Å². The predicted molar refractivity (Wildman–Crippen MR) is 121 cm³/mol. The van der Waals surface area contributed by atoms with Gasteiger partial charge in [0.25, 0.3) is 5.91 Å². The smallest absolute Gasteiger partial charge is 0.255 e. The highest BCUT2D eigenvalue weighted by Crippen LogP contribution is 2.36. The third kappa shape index (κ3) is 3.62. The van der Waals surface area contributed by atoms with Crippen LogP contribution in [0.2, 0.25) is 0 Å². The Bertz CT molecular complexity index is 1320. The first-order chi connectivity index (χ1) is 15.1. The molecule has 1 atom stereocenters. The molecule has 32 heavy (non-hydrogen) atoms. The molecule has 1 amide bonds. The van der Waals surface area contributed by atoms with Gasteiger partial charge in [0.1, 0.15) is 11.5 Å². The summed E-state index contributed by atoms with van der Waals surface area (Å²) in [5, 5.41) is 5.20. The molecule has 0 spiro atoms. The maximum Gasteiger partial charge on any atom is 0.255 e. The fourth-order valence-electron chi connectivity index (χ4n) is 4.71. The van der Waals surface area contributed by atoms with Crippen molar-refractivity contribution in [2.45, 2.75) is 65.1 Å². The van der Waals surface area contributed by atoms with Crippen molar-refractivity contribution in [3.63, 3.8) is 0 Å². The summed E-state index contributed by atoms with van der Waals surface area (Å²) in [5.74, 6) is 1.57. The van der Waals surface area contributed by atoms with Gasteiger partial charge in [0.2, 0.25) is 0 Å². The maximum atomic E-state index is 13.9. The molecule has 3 aromatic rings. The number of aryl methyl sites for hydroxylation is 2. The second-order valence-corrected chi connectivity index (χ2v) is 11.5. The topological polar surface area (TPSA) is 98.3 Å². The number of rotatable bonds is 5. The molecule has 2 aliphatic rings. The number of nitrogens with zero attached hydrogens (tertiary/aromatic N) is 4. The van der Waals surface area contributed by atoms with Gasteiger partial charge in [-0.15, -0.1) is 0 Å². The summed E-state index contributed by atoms with van der Waals surface area (Å²) >= 11 is 0. The zero-order valence-electron chi connectivity index (χ0n) is 18.8. The lowest BCUT2D eigenvalue weighted by atomic mass is 10.0. The quantitative estimate of drug-likeness (QED) is 0.581. The third-order valence-electron chi connectivity index (χ3n) is 6.38. The summed E-state index contributed by atoms with van der Waals surface area (Å²) in [5.41, 5.74) is 2.67. The van der Waals surface area contributed by atoms with Crippen molar-refractivity contribution >= 4 is 26.8 Å². The van der Waals surface area contributed by atoms with Crippen molar-refractivity contribution in [1.82, 2.24) is 19.7 Å². The molecule has 1 saturated carbocycles. The lowest BCUT2D eigenvalue weighted by molar-refractivity contribution is 0.0683. The first-order valence-corrected chi connectivity index (χ1v) is 13.0. The molecule has 1 unspecified atom stereocenters. The van der Waals surface area contributed by atoms with Crippen LogP contribution in [0.4, 0.5) is 0 Å². The monoisotopic (exact) mass is 456 g/mol. The lowest BCUT2D eigenvalue weighted by Crippen LogP contribution is -2.42. The summed E-state index contributed by atoms with van der Waals surface area (Å²) in [4.78, 5) is 20.6. The van der Waals surface area contributed by atoms with E-state index in [1.54, 1.807) is 6.20 Å². The zero-order chi connectivity index (χ0) is 22.8. The number of fused-ring (bicyclic) bond motifs is 1. The van der Waals surface area contributed by atoms with Gasteiger partial charge in [0.05, 0.1) is 34.3 Å². The summed E-state index contributed by atoms with van der Waals surface area (Å²) in [6.07, 6.45) is 4.02. The number of carbonyl (C=O) groups excluding carboxylic acids is 1. The standard InChI is InChI=1S/C23H28N4O4S/c1-13(2)27-22-20(11-24-27)19(10-21(25-22)18-9-14(3)31-15(18)4)23(28)26(16-5-6-16)17-7-8-32(29,30)12-17/h9-11,13,16-17H,5-8,12H2,1-4H3. The molecule has 1 aliphatic heterocycles. The fourth-order valence-corrected chi connectivity index (χ4v) is 6.42. The molecule has 170 valence electrons. The van der Waals surface area contributed by atoms with Crippen molar-refractivity contribution in [3.05, 3.63) is 35.4 Å². The van der Waals surface area contributed by atoms with Crippen molar-refractivity contribution in [2.24, 2.45) is 0 Å². The lowest BCUT2D eigenvalue weighted by Gasteiger charge is -2.28. The normalized spacial score (nSPS) is 20.3. The Morgan fingerprint density at radius 2 is 1.94 bits per heavy atom. The molecule has 0 aromatic carbocycles. The van der Waals surface area contributed by atoms with Gasteiger partial charge in [-0.3, -0.25) is 4.79 Å². The van der Waals surface area contributed by atoms with Crippen LogP contribution in [-0.4, -0.2) is 57.6 Å². The van der Waals surface area contributed by atoms with E-state index in [2.05, 4.69) is 5.10 Å². The summed E-state index contributed by atoms with van der Waals surface area (Å²) < 4.78 is 31.8. The second-order valence-electron chi connectivity index (χ2n) is 9.30. The zero-order valence-corrected chi connectivity index (χ0v) is 19.6. The number of sulfone groups is 1. The Hall–Kier alpha value is -2.68. The molecule has 1 aliphatic carbocycles. The van der Waals surface area contributed by atoms with Crippen LogP contribution in [0.3, 0.4) is 0 Å². The second kappa shape index (κ2) is 7.43. The third-order valence-corrected chi connectivity index (χ3v) is 8.13. The van der Waals surface area contributed by atoms with E-state index >= 15 is 0 Å². The Balaban J connectivity index is 1.66. The molecule has 2 fully saturated rings. The molecule has 4 heterocycles. The molecule has 0 N–H and O–H groups in total. The van der Waals surface area contributed by atoms with Crippen LogP contribution in [0.5, 0.6) is 0 Å². The van der Waals surface area contributed by atoms with Crippen LogP contribution in [-0.2, 0) is 9.84 Å². The van der Waals surface area contributed by atoms with Crippen LogP contribution in [0.25, 0.3) is 22.3 Å². The van der Waals surface area contributed by atoms with Crippen molar-refractivity contribution in [2.75, 3.05) is 11.5 Å². The molecule has 9 heteroatoms. The fraction of sp³-hybridized carbons (Fsp3) is 0.522. The van der Waals surface area contributed by atoms with Crippen LogP contribution in [0.1, 0.15) is 61.0 Å². The summed E-state index contributed by atoms with van der Waals surface area (Å²) in [6.45, 7) is 7.81. The van der Waals surface area contributed by atoms with E-state index in [0.29, 0.717) is 28.7 Å². The number of furan rings is 1. The molecular formula is C23H28N4O4S. The molecule has 5 rings (SSSR count). The number of hydrogen-bond donors (Lipinski definition) is 0. The minimum absolute atomic E-state index is 0.0433. The Kier molecular flexibility index (Phi) is 4.92. The van der Waals surface area contributed by atoms with E-state index in [4.69, 9.17) is 9.40 Å². The van der Waals surface area contributed by atoms with Gasteiger partial charge in [-0.2, -0.15) is 5.10 Å². The molecule has 1 saturated heterocycles. The van der Waals surface area contributed by atoms with Crippen LogP contribution in [0.15, 0.2) is 22.7 Å². The first-order valence-electron chi connectivity index (χ1n) is 11.1. The molecular weight excluding hydrogens is 428 g/mol. The predicted octanol–water partition coefficient (Wildman–Crippen LogP) is 3.68. The van der Waals surface area contributed by atoms with Gasteiger partial charge in [-0.25, -0.2) is 18.1 Å². The Labute approximate surface area is 187 Å². The van der Waals surface area contributed by atoms with Gasteiger partial charge < -0.3 is 9.32 Å². The van der Waals surface area contributed by atoms with Crippen molar-refractivity contribution in [1.29, 1.82) is 0 Å². The van der Waals surface area contributed by atoms with Gasteiger partial charge in [-0.05, 0) is 59.1 Å². The van der Waals surface area contributed by atoms with E-state index in [1.807, 2.05) is 49.4 Å². The van der Waals surface area contributed by atoms with Gasteiger partial charge >= 0.3 is 0 Å². The average Bonchev–Trinajstić information content (AvgIpc) is 3.19. The molecule has 3 aromatic heterocycles. The van der Waals surface area contributed by atoms with Crippen molar-refractivity contribution in [3.8, 4) is 11.3 Å². The Morgan fingerprint density at radius 1 is 1.19 bits per heavy atom. The van der Waals surface area contributed by atoms with Gasteiger partial charge in [0.15, 0.2) is 15.5 Å². The van der Waals surface area contributed by atoms with Gasteiger partial charge in [-0.1, -0.05) is 0 Å². The number of hydrogen-bond acceptors (Lipinski definition) is 6. The maximum absolute atomic E-state index is 13.9. The van der Waals surface area contributed by atoms with E-state index < -0.39 is 9.84 Å². The van der Waals surface area contributed by atoms with E-state index in [9.17, 15) is 13.2 Å². The minimum Gasteiger partial charge on any atom is -0.466 e. The van der Waals surface area contributed by atoms with E-state index in [1.165, 1.54) is 0 Å². The molecule has 0 radical (unpaired) electrons. The Morgan fingerprint density at radius 3 is 2.50 bits per heavy atom. The van der Waals surface area contributed by atoms with Crippen LogP contribution < -0.4 is 0 Å². The molecule has 0 bridgehead atoms. The highest BCUT2D eigenvalue weighted by Gasteiger charge is 2.43. The van der Waals surface area contributed by atoms with Crippen LogP contribution in [0, 0.1) is 13.8 Å². The number of aromatic nitrogens is 3. The molecule has 8 nitrogen and oxygen atoms in total. The summed E-state index contributed by atoms with van der Waals surface area (Å²) in [7, 11) is -3.10. The van der Waals surface area contributed by atoms with Crippen LogP contribution >= 0.6 is 0 Å². The highest BCUT2D eigenvalue weighted by molar-refractivity contribution is 7.91. The largest absolute Gasteiger partial charge is 0.466 e. The SMILES string of the molecule is Cc1cc(-c2cc(C(=O)N(C3CC3)C3CCS(=O)(=O)C3)c3cnn(C(C)C)c3n2)c(C)o1. The highest BCUT2D eigenvalue weighted by atomic mass is 32.2. The van der Waals surface area contributed by atoms with E-state index in [-0.39, 0.29) is 35.5 Å². The van der Waals surface area contributed by atoms with Crippen molar-refractivity contribution < 1.29 is 17.6 Å². The average molecular weight is 457 g/mol. The number of amides is 1. The minimum atomic E-state index is -3.10. The first kappa shape index (κ1) is 21.2.